The van der Waals surface area contributed by atoms with Crippen molar-refractivity contribution in [2.45, 2.75) is 19.8 Å². The maximum Gasteiger partial charge on any atom is 0.0515 e. The standard InChI is InChI=1S/C4H9PS2/c1-2-3-4(6)7-5/h2-3,5H2,1H3. The van der Waals surface area contributed by atoms with Crippen molar-refractivity contribution in [3.05, 3.63) is 0 Å². The molecule has 0 aromatic carbocycles. The molecule has 0 N–H and O–H groups in total. The molecule has 1 atom stereocenters. The topological polar surface area (TPSA) is 0 Å². The summed E-state index contributed by atoms with van der Waals surface area (Å²) in [4.78, 5) is 0. The monoisotopic (exact) mass is 152 g/mol. The molecule has 0 fully saturated rings. The molecule has 0 bridgehead atoms. The Hall–Kier alpha value is 0.870. The molecule has 7 heavy (non-hydrogen) atoms. The molecule has 0 rings (SSSR count). The normalized spacial score (nSPS) is 8.86. The van der Waals surface area contributed by atoms with E-state index in [1.54, 1.807) is 11.4 Å². The van der Waals surface area contributed by atoms with E-state index >= 15 is 0 Å². The Balaban J connectivity index is 3.00. The molecule has 0 heterocycles. The van der Waals surface area contributed by atoms with Gasteiger partial charge in [0.15, 0.2) is 0 Å². The molecule has 0 aromatic heterocycles. The molecule has 0 saturated carbocycles. The van der Waals surface area contributed by atoms with Crippen molar-refractivity contribution in [1.29, 1.82) is 0 Å². The van der Waals surface area contributed by atoms with Crippen LogP contribution >= 0.6 is 32.0 Å². The number of hydrogen-bond acceptors (Lipinski definition) is 2. The summed E-state index contributed by atoms with van der Waals surface area (Å²) in [6, 6.07) is 0. The van der Waals surface area contributed by atoms with Crippen LogP contribution in [0.1, 0.15) is 19.8 Å². The minimum Gasteiger partial charge on any atom is -0.0981 e. The third-order valence-corrected chi connectivity index (χ3v) is 2.91. The van der Waals surface area contributed by atoms with Crippen LogP contribution in [-0.4, -0.2) is 4.20 Å². The molecule has 42 valence electrons. The van der Waals surface area contributed by atoms with Crippen LogP contribution in [0.5, 0.6) is 0 Å². The van der Waals surface area contributed by atoms with Crippen LogP contribution in [0.25, 0.3) is 0 Å². The highest BCUT2D eigenvalue weighted by atomic mass is 32.7. The summed E-state index contributed by atoms with van der Waals surface area (Å²) >= 11 is 6.49. The van der Waals surface area contributed by atoms with Gasteiger partial charge in [-0.2, -0.15) is 0 Å². The fourth-order valence-electron chi connectivity index (χ4n) is 0.263. The summed E-state index contributed by atoms with van der Waals surface area (Å²) in [5.41, 5.74) is 0. The van der Waals surface area contributed by atoms with E-state index in [1.807, 2.05) is 0 Å². The maximum atomic E-state index is 4.90. The molecule has 0 radical (unpaired) electrons. The fraction of sp³-hybridized carbons (Fsp3) is 0.750. The van der Waals surface area contributed by atoms with Gasteiger partial charge in [-0.05, 0) is 6.42 Å². The third kappa shape index (κ3) is 4.73. The second-order valence-corrected chi connectivity index (χ2v) is 3.43. The number of rotatable bonds is 2. The summed E-state index contributed by atoms with van der Waals surface area (Å²) in [6.45, 7) is 2.13. The van der Waals surface area contributed by atoms with Crippen LogP contribution in [0.2, 0.25) is 0 Å². The van der Waals surface area contributed by atoms with E-state index in [4.69, 9.17) is 12.2 Å². The Morgan fingerprint density at radius 1 is 1.86 bits per heavy atom. The molecule has 0 aromatic rings. The van der Waals surface area contributed by atoms with Crippen molar-refractivity contribution in [3.63, 3.8) is 0 Å². The molecular formula is C4H9PS2. The fourth-order valence-corrected chi connectivity index (χ4v) is 1.14. The summed E-state index contributed by atoms with van der Waals surface area (Å²) < 4.78 is 1.09. The van der Waals surface area contributed by atoms with Gasteiger partial charge < -0.3 is 0 Å². The molecule has 0 aliphatic heterocycles. The predicted molar refractivity (Wildman–Crippen MR) is 44.8 cm³/mol. The zero-order chi connectivity index (χ0) is 5.70. The van der Waals surface area contributed by atoms with E-state index in [-0.39, 0.29) is 0 Å². The van der Waals surface area contributed by atoms with Gasteiger partial charge in [-0.15, -0.1) is 0 Å². The zero-order valence-electron chi connectivity index (χ0n) is 4.31. The van der Waals surface area contributed by atoms with Crippen molar-refractivity contribution in [2.24, 2.45) is 0 Å². The average Bonchev–Trinajstić information content (AvgIpc) is 1.68. The second kappa shape index (κ2) is 5.02. The summed E-state index contributed by atoms with van der Waals surface area (Å²) in [5.74, 6) is 0. The summed E-state index contributed by atoms with van der Waals surface area (Å²) in [7, 11) is 2.54. The highest BCUT2D eigenvalue weighted by Crippen LogP contribution is 2.16. The van der Waals surface area contributed by atoms with E-state index < -0.39 is 0 Å². The minimum atomic E-state index is 1.07. The van der Waals surface area contributed by atoms with E-state index in [0.29, 0.717) is 0 Å². The van der Waals surface area contributed by atoms with E-state index in [0.717, 1.165) is 10.6 Å². The Morgan fingerprint density at radius 2 is 2.43 bits per heavy atom. The van der Waals surface area contributed by atoms with Crippen molar-refractivity contribution in [1.82, 2.24) is 0 Å². The molecule has 1 unspecified atom stereocenters. The predicted octanol–water partition coefficient (Wildman–Crippen LogP) is 2.64. The lowest BCUT2D eigenvalue weighted by Gasteiger charge is -1.90. The quantitative estimate of drug-likeness (QED) is 0.440. The van der Waals surface area contributed by atoms with E-state index in [9.17, 15) is 0 Å². The molecule has 0 saturated heterocycles. The SMILES string of the molecule is CCCC(=S)SP. The van der Waals surface area contributed by atoms with Crippen LogP contribution in [0.3, 0.4) is 0 Å². The number of thiocarbonyl (C=S) groups is 1. The van der Waals surface area contributed by atoms with Crippen LogP contribution in [0.4, 0.5) is 0 Å². The van der Waals surface area contributed by atoms with Gasteiger partial charge in [0.25, 0.3) is 0 Å². The lowest BCUT2D eigenvalue weighted by Crippen LogP contribution is -1.79. The van der Waals surface area contributed by atoms with Crippen molar-refractivity contribution in [3.8, 4) is 0 Å². The van der Waals surface area contributed by atoms with Gasteiger partial charge in [-0.1, -0.05) is 45.4 Å². The Labute approximate surface area is 56.4 Å². The largest absolute Gasteiger partial charge is 0.0981 e. The lowest BCUT2D eigenvalue weighted by atomic mass is 10.4. The maximum absolute atomic E-state index is 4.90. The first-order valence-electron chi connectivity index (χ1n) is 2.20. The van der Waals surface area contributed by atoms with Crippen molar-refractivity contribution >= 4 is 36.2 Å². The van der Waals surface area contributed by atoms with Crippen LogP contribution in [0, 0.1) is 0 Å². The molecule has 3 heteroatoms. The first kappa shape index (κ1) is 7.87. The molecule has 0 aliphatic carbocycles. The first-order chi connectivity index (χ1) is 3.31. The van der Waals surface area contributed by atoms with Gasteiger partial charge >= 0.3 is 0 Å². The van der Waals surface area contributed by atoms with Crippen LogP contribution in [0.15, 0.2) is 0 Å². The van der Waals surface area contributed by atoms with Gasteiger partial charge in [0.05, 0.1) is 4.20 Å². The Morgan fingerprint density at radius 3 is 2.57 bits per heavy atom. The lowest BCUT2D eigenvalue weighted by molar-refractivity contribution is 1.01. The highest BCUT2D eigenvalue weighted by Gasteiger charge is 1.87. The van der Waals surface area contributed by atoms with Gasteiger partial charge in [0.1, 0.15) is 0 Å². The molecule has 0 spiro atoms. The molecule has 0 amide bonds. The average molecular weight is 152 g/mol. The third-order valence-electron chi connectivity index (χ3n) is 0.586. The van der Waals surface area contributed by atoms with Crippen LogP contribution in [-0.2, 0) is 0 Å². The smallest absolute Gasteiger partial charge is 0.0515 e. The summed E-state index contributed by atoms with van der Waals surface area (Å²) in [6.07, 6.45) is 2.24. The Kier molecular flexibility index (Phi) is 5.64. The van der Waals surface area contributed by atoms with Gasteiger partial charge in [-0.25, -0.2) is 0 Å². The second-order valence-electron chi connectivity index (χ2n) is 1.24. The highest BCUT2D eigenvalue weighted by molar-refractivity contribution is 8.55. The van der Waals surface area contributed by atoms with Crippen molar-refractivity contribution in [2.75, 3.05) is 0 Å². The minimum absolute atomic E-state index is 1.07. The van der Waals surface area contributed by atoms with Gasteiger partial charge in [0, 0.05) is 0 Å². The molecular weight excluding hydrogens is 143 g/mol. The molecule has 0 nitrogen and oxygen atoms in total. The van der Waals surface area contributed by atoms with Crippen LogP contribution < -0.4 is 0 Å². The molecule has 0 aliphatic rings. The van der Waals surface area contributed by atoms with E-state index in [1.165, 1.54) is 6.42 Å². The van der Waals surface area contributed by atoms with E-state index in [2.05, 4.69) is 15.4 Å². The Bertz CT molecular complexity index is 62.7. The zero-order valence-corrected chi connectivity index (χ0v) is 7.10. The van der Waals surface area contributed by atoms with Crippen molar-refractivity contribution < 1.29 is 0 Å². The summed E-state index contributed by atoms with van der Waals surface area (Å²) in [5, 5.41) is 0. The van der Waals surface area contributed by atoms with Gasteiger partial charge in [-0.3, -0.25) is 0 Å². The number of hydrogen-bond donors (Lipinski definition) is 0. The van der Waals surface area contributed by atoms with Gasteiger partial charge in [0.2, 0.25) is 0 Å². The first-order valence-corrected chi connectivity index (χ1v) is 4.91.